The van der Waals surface area contributed by atoms with Crippen molar-refractivity contribution in [2.45, 2.75) is 32.3 Å². The molecule has 25 heavy (non-hydrogen) atoms. The van der Waals surface area contributed by atoms with Gasteiger partial charge in [0.15, 0.2) is 0 Å². The number of benzene rings is 2. The second-order valence-electron chi connectivity index (χ2n) is 7.58. The summed E-state index contributed by atoms with van der Waals surface area (Å²) >= 11 is 0. The Kier molecular flexibility index (Phi) is 5.45. The van der Waals surface area contributed by atoms with Gasteiger partial charge in [0.1, 0.15) is 18.5 Å². The van der Waals surface area contributed by atoms with Gasteiger partial charge in [0.25, 0.3) is 0 Å². The number of likely N-dealkylation sites (N-methyl/N-ethyl adjacent to an activating group) is 1. The first-order valence-corrected chi connectivity index (χ1v) is 9.06. The fourth-order valence-electron chi connectivity index (χ4n) is 3.26. The Balaban J connectivity index is 1.64. The molecular weight excluding hydrogens is 310 g/mol. The maximum Gasteiger partial charge on any atom is 0.119 e. The summed E-state index contributed by atoms with van der Waals surface area (Å²) < 4.78 is 11.7. The molecule has 1 fully saturated rings. The average molecular weight is 339 g/mol. The fraction of sp³-hybridized carbons (Fsp3) is 0.455. The molecule has 1 aliphatic heterocycles. The van der Waals surface area contributed by atoms with Gasteiger partial charge in [-0.15, -0.1) is 0 Å². The van der Waals surface area contributed by atoms with Crippen molar-refractivity contribution in [2.75, 3.05) is 33.4 Å². The lowest BCUT2D eigenvalue weighted by molar-refractivity contribution is -0.0403. The Morgan fingerprint density at radius 2 is 1.64 bits per heavy atom. The second-order valence-corrected chi connectivity index (χ2v) is 7.58. The zero-order chi connectivity index (χ0) is 17.9. The average Bonchev–Trinajstić information content (AvgIpc) is 2.61. The van der Waals surface area contributed by atoms with Crippen LogP contribution in [-0.2, 0) is 10.2 Å². The van der Waals surface area contributed by atoms with Crippen molar-refractivity contribution < 1.29 is 9.47 Å². The summed E-state index contributed by atoms with van der Waals surface area (Å²) in [5.74, 6) is 0.903. The molecule has 1 saturated heterocycles. The van der Waals surface area contributed by atoms with Crippen LogP contribution in [0.4, 0.5) is 0 Å². The number of nitrogens with zero attached hydrogens (tertiary/aromatic N) is 1. The van der Waals surface area contributed by atoms with Crippen molar-refractivity contribution in [3.05, 3.63) is 65.2 Å². The van der Waals surface area contributed by atoms with Gasteiger partial charge in [0.05, 0.1) is 6.61 Å². The highest BCUT2D eigenvalue weighted by Crippen LogP contribution is 2.32. The summed E-state index contributed by atoms with van der Waals surface area (Å²) in [6.07, 6.45) is 0.155. The van der Waals surface area contributed by atoms with Gasteiger partial charge in [-0.05, 0) is 37.2 Å². The normalized spacial score (nSPS) is 19.0. The molecule has 0 aliphatic carbocycles. The van der Waals surface area contributed by atoms with Gasteiger partial charge in [0, 0.05) is 18.5 Å². The molecule has 1 unspecified atom stereocenters. The van der Waals surface area contributed by atoms with Gasteiger partial charge >= 0.3 is 0 Å². The van der Waals surface area contributed by atoms with Crippen LogP contribution >= 0.6 is 0 Å². The first kappa shape index (κ1) is 18.0. The summed E-state index contributed by atoms with van der Waals surface area (Å²) in [7, 11) is 2.12. The molecule has 0 spiro atoms. The minimum atomic E-state index is -0.0264. The van der Waals surface area contributed by atoms with E-state index in [9.17, 15) is 0 Å². The third-order valence-electron chi connectivity index (χ3n) is 5.13. The van der Waals surface area contributed by atoms with Crippen LogP contribution in [0, 0.1) is 6.92 Å². The van der Waals surface area contributed by atoms with E-state index in [-0.39, 0.29) is 11.5 Å². The Hall–Kier alpha value is -1.84. The van der Waals surface area contributed by atoms with Crippen LogP contribution in [0.1, 0.15) is 30.5 Å². The number of aryl methyl sites for hydroxylation is 1. The summed E-state index contributed by atoms with van der Waals surface area (Å²) in [6, 6.07) is 17.3. The molecule has 3 rings (SSSR count). The highest BCUT2D eigenvalue weighted by molar-refractivity contribution is 5.40. The molecular formula is C22H29NO2. The summed E-state index contributed by atoms with van der Waals surface area (Å²) in [6.45, 7) is 9.96. The van der Waals surface area contributed by atoms with Crippen LogP contribution < -0.4 is 4.74 Å². The maximum atomic E-state index is 5.93. The van der Waals surface area contributed by atoms with E-state index in [4.69, 9.17) is 9.47 Å². The van der Waals surface area contributed by atoms with Crippen molar-refractivity contribution in [3.8, 4) is 5.75 Å². The number of rotatable bonds is 5. The van der Waals surface area contributed by atoms with E-state index in [0.717, 1.165) is 25.4 Å². The minimum Gasteiger partial charge on any atom is -0.491 e. The molecule has 3 heteroatoms. The van der Waals surface area contributed by atoms with Gasteiger partial charge in [-0.2, -0.15) is 0 Å². The molecule has 0 aromatic heterocycles. The SMILES string of the molecule is Cc1ccc(C(C)(C)c2ccc(OCC3CN(C)CCO3)cc2)cc1. The van der Waals surface area contributed by atoms with Crippen LogP contribution in [0.15, 0.2) is 48.5 Å². The van der Waals surface area contributed by atoms with E-state index < -0.39 is 0 Å². The zero-order valence-corrected chi connectivity index (χ0v) is 15.8. The first-order chi connectivity index (χ1) is 11.9. The summed E-state index contributed by atoms with van der Waals surface area (Å²) in [5.41, 5.74) is 3.88. The third kappa shape index (κ3) is 4.42. The Labute approximate surface area is 151 Å². The zero-order valence-electron chi connectivity index (χ0n) is 15.8. The Morgan fingerprint density at radius 1 is 1.04 bits per heavy atom. The predicted molar refractivity (Wildman–Crippen MR) is 102 cm³/mol. The third-order valence-corrected chi connectivity index (χ3v) is 5.13. The largest absolute Gasteiger partial charge is 0.491 e. The predicted octanol–water partition coefficient (Wildman–Crippen LogP) is 4.03. The molecule has 0 radical (unpaired) electrons. The monoisotopic (exact) mass is 339 g/mol. The van der Waals surface area contributed by atoms with E-state index in [1.807, 2.05) is 0 Å². The van der Waals surface area contributed by atoms with Gasteiger partial charge < -0.3 is 14.4 Å². The van der Waals surface area contributed by atoms with Crippen molar-refractivity contribution in [1.29, 1.82) is 0 Å². The molecule has 1 heterocycles. The molecule has 2 aromatic carbocycles. The van der Waals surface area contributed by atoms with Gasteiger partial charge in [-0.3, -0.25) is 0 Å². The van der Waals surface area contributed by atoms with Crippen molar-refractivity contribution in [3.63, 3.8) is 0 Å². The lowest BCUT2D eigenvalue weighted by Crippen LogP contribution is -2.42. The quantitative estimate of drug-likeness (QED) is 0.821. The van der Waals surface area contributed by atoms with Crippen LogP contribution in [0.25, 0.3) is 0 Å². The molecule has 0 saturated carbocycles. The van der Waals surface area contributed by atoms with Gasteiger partial charge in [0.2, 0.25) is 0 Å². The number of hydrogen-bond acceptors (Lipinski definition) is 3. The van der Waals surface area contributed by atoms with Crippen molar-refractivity contribution in [2.24, 2.45) is 0 Å². The number of ether oxygens (including phenoxy) is 2. The maximum absolute atomic E-state index is 5.93. The molecule has 1 aliphatic rings. The van der Waals surface area contributed by atoms with Crippen LogP contribution in [-0.4, -0.2) is 44.4 Å². The second kappa shape index (κ2) is 7.59. The standard InChI is InChI=1S/C22H29NO2/c1-17-5-7-18(8-6-17)22(2,3)19-9-11-20(12-10-19)25-16-21-15-23(4)13-14-24-21/h5-12,21H,13-16H2,1-4H3. The van der Waals surface area contributed by atoms with Crippen LogP contribution in [0.5, 0.6) is 5.75 Å². The summed E-state index contributed by atoms with van der Waals surface area (Å²) in [4.78, 5) is 2.28. The lowest BCUT2D eigenvalue weighted by atomic mass is 9.78. The van der Waals surface area contributed by atoms with Crippen LogP contribution in [0.3, 0.4) is 0 Å². The van der Waals surface area contributed by atoms with E-state index in [2.05, 4.69) is 81.2 Å². The lowest BCUT2D eigenvalue weighted by Gasteiger charge is -2.30. The van der Waals surface area contributed by atoms with Crippen LogP contribution in [0.2, 0.25) is 0 Å². The highest BCUT2D eigenvalue weighted by Gasteiger charge is 2.23. The molecule has 1 atom stereocenters. The number of hydrogen-bond donors (Lipinski definition) is 0. The van der Waals surface area contributed by atoms with E-state index in [1.54, 1.807) is 0 Å². The smallest absolute Gasteiger partial charge is 0.119 e. The van der Waals surface area contributed by atoms with E-state index in [0.29, 0.717) is 6.61 Å². The Morgan fingerprint density at radius 3 is 2.24 bits per heavy atom. The topological polar surface area (TPSA) is 21.7 Å². The summed E-state index contributed by atoms with van der Waals surface area (Å²) in [5, 5.41) is 0. The minimum absolute atomic E-state index is 0.0264. The fourth-order valence-corrected chi connectivity index (χ4v) is 3.26. The van der Waals surface area contributed by atoms with Gasteiger partial charge in [-0.1, -0.05) is 55.8 Å². The molecule has 3 nitrogen and oxygen atoms in total. The molecule has 2 aromatic rings. The molecule has 0 amide bonds. The van der Waals surface area contributed by atoms with E-state index >= 15 is 0 Å². The van der Waals surface area contributed by atoms with Crippen molar-refractivity contribution in [1.82, 2.24) is 4.90 Å². The highest BCUT2D eigenvalue weighted by atomic mass is 16.5. The van der Waals surface area contributed by atoms with Crippen molar-refractivity contribution >= 4 is 0 Å². The molecule has 0 bridgehead atoms. The first-order valence-electron chi connectivity index (χ1n) is 9.06. The van der Waals surface area contributed by atoms with E-state index in [1.165, 1.54) is 16.7 Å². The molecule has 0 N–H and O–H groups in total. The number of morpholine rings is 1. The molecule has 134 valence electrons. The van der Waals surface area contributed by atoms with Gasteiger partial charge in [-0.25, -0.2) is 0 Å². The Bertz CT molecular complexity index is 676.